The highest BCUT2D eigenvalue weighted by Crippen LogP contribution is 2.38. The van der Waals surface area contributed by atoms with Crippen LogP contribution in [0.15, 0.2) is 36.0 Å². The number of nitrogens with zero attached hydrogens (tertiary/aromatic N) is 4. The average Bonchev–Trinajstić information content (AvgIpc) is 3.09. The van der Waals surface area contributed by atoms with Gasteiger partial charge in [0.2, 0.25) is 0 Å². The third kappa shape index (κ3) is 2.27. The van der Waals surface area contributed by atoms with Gasteiger partial charge < -0.3 is 0 Å². The Morgan fingerprint density at radius 3 is 3.19 bits per heavy atom. The van der Waals surface area contributed by atoms with E-state index in [2.05, 4.69) is 25.5 Å². The van der Waals surface area contributed by atoms with Crippen LogP contribution in [0.25, 0.3) is 10.2 Å². The molecule has 0 spiro atoms. The number of hydrazone groups is 1. The van der Waals surface area contributed by atoms with Crippen LogP contribution in [0.5, 0.6) is 0 Å². The molecule has 21 heavy (non-hydrogen) atoms. The summed E-state index contributed by atoms with van der Waals surface area (Å²) in [4.78, 5) is 15.3. The minimum absolute atomic E-state index is 0.791. The van der Waals surface area contributed by atoms with Crippen molar-refractivity contribution in [2.24, 2.45) is 5.10 Å². The van der Waals surface area contributed by atoms with E-state index in [0.717, 1.165) is 34.4 Å². The zero-order chi connectivity index (χ0) is 14.1. The molecule has 0 aliphatic heterocycles. The molecule has 3 aromatic rings. The van der Waals surface area contributed by atoms with Gasteiger partial charge in [0.15, 0.2) is 5.82 Å². The fraction of sp³-hybridized carbons (Fsp3) is 0.200. The zero-order valence-electron chi connectivity index (χ0n) is 11.3. The van der Waals surface area contributed by atoms with Crippen LogP contribution in [0.1, 0.15) is 22.4 Å². The quantitative estimate of drug-likeness (QED) is 0.596. The van der Waals surface area contributed by atoms with Gasteiger partial charge in [0.1, 0.15) is 11.2 Å². The molecule has 0 saturated heterocycles. The Hall–Kier alpha value is -2.34. The highest BCUT2D eigenvalue weighted by Gasteiger charge is 2.20. The summed E-state index contributed by atoms with van der Waals surface area (Å²) >= 11 is 1.78. The lowest BCUT2D eigenvalue weighted by atomic mass is 10.2. The molecule has 0 aromatic carbocycles. The third-order valence-corrected chi connectivity index (χ3v) is 4.77. The van der Waals surface area contributed by atoms with Crippen LogP contribution in [0.2, 0.25) is 0 Å². The Kier molecular flexibility index (Phi) is 3.08. The molecule has 1 aliphatic carbocycles. The Bertz CT molecular complexity index is 810. The second kappa shape index (κ2) is 5.21. The van der Waals surface area contributed by atoms with Crippen molar-refractivity contribution < 1.29 is 0 Å². The fourth-order valence-electron chi connectivity index (χ4n) is 2.63. The van der Waals surface area contributed by atoms with Gasteiger partial charge >= 0.3 is 0 Å². The van der Waals surface area contributed by atoms with E-state index in [4.69, 9.17) is 0 Å². The molecule has 5 nitrogen and oxygen atoms in total. The Morgan fingerprint density at radius 2 is 2.29 bits per heavy atom. The molecule has 0 bridgehead atoms. The lowest BCUT2D eigenvalue weighted by molar-refractivity contribution is 0.917. The number of nitrogens with one attached hydrogen (secondary N) is 1. The topological polar surface area (TPSA) is 63.1 Å². The van der Waals surface area contributed by atoms with E-state index in [1.807, 2.05) is 12.1 Å². The molecule has 3 aromatic heterocycles. The van der Waals surface area contributed by atoms with Gasteiger partial charge in [-0.2, -0.15) is 5.10 Å². The predicted octanol–water partition coefficient (Wildman–Crippen LogP) is 3.02. The van der Waals surface area contributed by atoms with Gasteiger partial charge in [-0.15, -0.1) is 11.3 Å². The first-order valence-electron chi connectivity index (χ1n) is 6.86. The number of aromatic nitrogens is 3. The third-order valence-electron chi connectivity index (χ3n) is 3.57. The van der Waals surface area contributed by atoms with Crippen molar-refractivity contribution in [3.8, 4) is 0 Å². The normalized spacial score (nSPS) is 13.9. The van der Waals surface area contributed by atoms with E-state index in [9.17, 15) is 0 Å². The molecule has 0 radical (unpaired) electrons. The number of pyridine rings is 1. The second-order valence-electron chi connectivity index (χ2n) is 4.92. The number of fused-ring (bicyclic) bond motifs is 3. The van der Waals surface area contributed by atoms with Crippen molar-refractivity contribution in [2.75, 3.05) is 5.43 Å². The highest BCUT2D eigenvalue weighted by molar-refractivity contribution is 7.19. The predicted molar refractivity (Wildman–Crippen MR) is 84.9 cm³/mol. The number of thiophene rings is 1. The number of hydrogen-bond donors (Lipinski definition) is 1. The molecular weight excluding hydrogens is 282 g/mol. The summed E-state index contributed by atoms with van der Waals surface area (Å²) in [6.07, 6.45) is 10.3. The summed E-state index contributed by atoms with van der Waals surface area (Å²) in [5.74, 6) is 0.791. The summed E-state index contributed by atoms with van der Waals surface area (Å²) in [6.45, 7) is 0. The smallest absolute Gasteiger partial charge is 0.158 e. The van der Waals surface area contributed by atoms with Crippen LogP contribution >= 0.6 is 11.3 Å². The zero-order valence-corrected chi connectivity index (χ0v) is 12.1. The van der Waals surface area contributed by atoms with Crippen LogP contribution < -0.4 is 5.43 Å². The number of rotatable bonds is 3. The molecule has 4 rings (SSSR count). The van der Waals surface area contributed by atoms with Crippen molar-refractivity contribution >= 4 is 33.6 Å². The molecule has 0 saturated carbocycles. The minimum Gasteiger partial charge on any atom is -0.264 e. The van der Waals surface area contributed by atoms with Crippen LogP contribution in [0, 0.1) is 0 Å². The second-order valence-corrected chi connectivity index (χ2v) is 6.00. The van der Waals surface area contributed by atoms with E-state index >= 15 is 0 Å². The Morgan fingerprint density at radius 1 is 1.29 bits per heavy atom. The average molecular weight is 295 g/mol. The van der Waals surface area contributed by atoms with Crippen molar-refractivity contribution in [3.63, 3.8) is 0 Å². The standard InChI is InChI=1S/C15H13N5S/c1-4-11-12(5-1)21-15-13(11)14(17-9-18-15)20-19-8-10-3-2-6-16-7-10/h2-3,6-9H,1,4-5H2,(H,17,18,20)/b19-8-. The maximum atomic E-state index is 4.38. The van der Waals surface area contributed by atoms with Gasteiger partial charge in [-0.05, 0) is 30.9 Å². The summed E-state index contributed by atoms with van der Waals surface area (Å²) in [5, 5.41) is 5.40. The molecule has 0 amide bonds. The van der Waals surface area contributed by atoms with Crippen LogP contribution in [0.4, 0.5) is 5.82 Å². The maximum Gasteiger partial charge on any atom is 0.158 e. The van der Waals surface area contributed by atoms with E-state index in [1.54, 1.807) is 36.3 Å². The van der Waals surface area contributed by atoms with Gasteiger partial charge in [-0.3, -0.25) is 10.4 Å². The summed E-state index contributed by atoms with van der Waals surface area (Å²) in [7, 11) is 0. The van der Waals surface area contributed by atoms with Gasteiger partial charge in [-0.25, -0.2) is 9.97 Å². The molecule has 1 N–H and O–H groups in total. The molecule has 1 aliphatic rings. The van der Waals surface area contributed by atoms with E-state index in [-0.39, 0.29) is 0 Å². The maximum absolute atomic E-state index is 4.38. The van der Waals surface area contributed by atoms with Gasteiger partial charge in [-0.1, -0.05) is 6.07 Å². The van der Waals surface area contributed by atoms with Crippen LogP contribution in [0.3, 0.4) is 0 Å². The molecule has 0 fully saturated rings. The number of aryl methyl sites for hydroxylation is 2. The number of hydrogen-bond acceptors (Lipinski definition) is 6. The first-order chi connectivity index (χ1) is 10.4. The lowest BCUT2D eigenvalue weighted by Gasteiger charge is -2.02. The molecule has 0 unspecified atom stereocenters. The Labute approximate surface area is 125 Å². The summed E-state index contributed by atoms with van der Waals surface area (Å²) in [6, 6.07) is 3.84. The molecular formula is C15H13N5S. The Balaban J connectivity index is 1.66. The first-order valence-corrected chi connectivity index (χ1v) is 7.68. The van der Waals surface area contributed by atoms with Crippen molar-refractivity contribution in [3.05, 3.63) is 46.9 Å². The minimum atomic E-state index is 0.791. The van der Waals surface area contributed by atoms with E-state index in [1.165, 1.54) is 16.9 Å². The van der Waals surface area contributed by atoms with Gasteiger partial charge in [0.25, 0.3) is 0 Å². The van der Waals surface area contributed by atoms with Gasteiger partial charge in [0, 0.05) is 22.8 Å². The first kappa shape index (κ1) is 12.4. The molecule has 0 atom stereocenters. The van der Waals surface area contributed by atoms with Crippen molar-refractivity contribution in [1.82, 2.24) is 15.0 Å². The number of anilines is 1. The van der Waals surface area contributed by atoms with Gasteiger partial charge in [0.05, 0.1) is 11.6 Å². The lowest BCUT2D eigenvalue weighted by Crippen LogP contribution is -1.96. The van der Waals surface area contributed by atoms with Crippen molar-refractivity contribution in [1.29, 1.82) is 0 Å². The molecule has 3 heterocycles. The molecule has 104 valence electrons. The van der Waals surface area contributed by atoms with Crippen LogP contribution in [-0.2, 0) is 12.8 Å². The SMILES string of the molecule is C(=N/Nc1ncnc2sc3c(c12)CCC3)/c1cccnc1. The highest BCUT2D eigenvalue weighted by atomic mass is 32.1. The molecule has 6 heteroatoms. The summed E-state index contributed by atoms with van der Waals surface area (Å²) < 4.78 is 0. The van der Waals surface area contributed by atoms with Crippen molar-refractivity contribution in [2.45, 2.75) is 19.3 Å². The monoisotopic (exact) mass is 295 g/mol. The van der Waals surface area contributed by atoms with E-state index in [0.29, 0.717) is 0 Å². The largest absolute Gasteiger partial charge is 0.264 e. The fourth-order valence-corrected chi connectivity index (χ4v) is 3.86. The summed E-state index contributed by atoms with van der Waals surface area (Å²) in [5.41, 5.74) is 5.40. The van der Waals surface area contributed by atoms with Crippen LogP contribution in [-0.4, -0.2) is 21.2 Å². The van der Waals surface area contributed by atoms with E-state index < -0.39 is 0 Å².